The number of carbonyl (C=O) groups excluding carboxylic acids is 1. The number of nitrogens with one attached hydrogen (secondary N) is 1. The van der Waals surface area contributed by atoms with Crippen molar-refractivity contribution in [3.05, 3.63) is 70.5 Å². The molecular formula is C20H19N5O3S2. The van der Waals surface area contributed by atoms with Crippen molar-refractivity contribution in [3.8, 4) is 11.5 Å². The molecule has 2 aromatic heterocycles. The summed E-state index contributed by atoms with van der Waals surface area (Å²) in [6.45, 7) is 0.435. The van der Waals surface area contributed by atoms with E-state index in [2.05, 4.69) is 15.3 Å². The molecule has 0 unspecified atom stereocenters. The van der Waals surface area contributed by atoms with Gasteiger partial charge >= 0.3 is 0 Å². The normalized spacial score (nSPS) is 11.6. The summed E-state index contributed by atoms with van der Waals surface area (Å²) in [5.74, 6) is 0.274. The molecule has 1 amide bonds. The van der Waals surface area contributed by atoms with E-state index in [9.17, 15) is 13.2 Å². The number of primary sulfonamides is 1. The summed E-state index contributed by atoms with van der Waals surface area (Å²) in [7, 11) is -3.57. The summed E-state index contributed by atoms with van der Waals surface area (Å²) in [4.78, 5) is 21.6. The monoisotopic (exact) mass is 441 g/mol. The lowest BCUT2D eigenvalue weighted by Crippen LogP contribution is -2.27. The van der Waals surface area contributed by atoms with Crippen LogP contribution in [0.3, 0.4) is 0 Å². The second-order valence-corrected chi connectivity index (χ2v) is 9.12. The largest absolute Gasteiger partial charge is 0.350 e. The van der Waals surface area contributed by atoms with Crippen LogP contribution in [0, 0.1) is 0 Å². The molecule has 30 heavy (non-hydrogen) atoms. The molecule has 4 aromatic rings. The van der Waals surface area contributed by atoms with E-state index in [1.54, 1.807) is 29.8 Å². The predicted molar refractivity (Wildman–Crippen MR) is 116 cm³/mol. The van der Waals surface area contributed by atoms with E-state index in [0.717, 1.165) is 22.3 Å². The lowest BCUT2D eigenvalue weighted by molar-refractivity contribution is -0.121. The molecule has 3 N–H and O–H groups in total. The third kappa shape index (κ3) is 4.73. The van der Waals surface area contributed by atoms with E-state index in [0.29, 0.717) is 17.9 Å². The van der Waals surface area contributed by atoms with Crippen molar-refractivity contribution in [2.75, 3.05) is 0 Å². The van der Waals surface area contributed by atoms with Gasteiger partial charge in [0, 0.05) is 11.9 Å². The molecule has 0 saturated heterocycles. The maximum atomic E-state index is 12.6. The fourth-order valence-corrected chi connectivity index (χ4v) is 4.33. The van der Waals surface area contributed by atoms with Crippen LogP contribution in [0.4, 0.5) is 0 Å². The van der Waals surface area contributed by atoms with Gasteiger partial charge in [-0.25, -0.2) is 23.5 Å². The van der Waals surface area contributed by atoms with Gasteiger partial charge in [-0.1, -0.05) is 36.4 Å². The molecule has 2 aromatic carbocycles. The van der Waals surface area contributed by atoms with Crippen LogP contribution >= 0.6 is 11.3 Å². The molecule has 4 rings (SSSR count). The van der Waals surface area contributed by atoms with Crippen LogP contribution in [0.5, 0.6) is 0 Å². The molecule has 0 atom stereocenters. The van der Waals surface area contributed by atoms with Crippen LogP contribution in [0.25, 0.3) is 22.6 Å². The number of imidazole rings is 1. The fourth-order valence-electron chi connectivity index (χ4n) is 3.14. The maximum absolute atomic E-state index is 12.6. The molecular weight excluding hydrogens is 422 g/mol. The van der Waals surface area contributed by atoms with Crippen LogP contribution in [0.1, 0.15) is 11.1 Å². The molecule has 0 saturated carbocycles. The first-order valence-electron chi connectivity index (χ1n) is 9.08. The van der Waals surface area contributed by atoms with Crippen molar-refractivity contribution < 1.29 is 13.2 Å². The van der Waals surface area contributed by atoms with Crippen LogP contribution < -0.4 is 10.5 Å². The number of para-hydroxylation sites is 2. The Morgan fingerprint density at radius 3 is 2.53 bits per heavy atom. The topological polar surface area (TPSA) is 120 Å². The van der Waals surface area contributed by atoms with E-state index in [-0.39, 0.29) is 18.2 Å². The Kier molecular flexibility index (Phi) is 5.62. The summed E-state index contributed by atoms with van der Waals surface area (Å²) < 4.78 is 24.2. The Morgan fingerprint density at radius 2 is 1.83 bits per heavy atom. The first-order chi connectivity index (χ1) is 14.4. The average molecular weight is 442 g/mol. The lowest BCUT2D eigenvalue weighted by Gasteiger charge is -2.10. The van der Waals surface area contributed by atoms with Gasteiger partial charge < -0.3 is 9.88 Å². The number of benzene rings is 2. The number of nitrogens with two attached hydrogens (primary N) is 1. The van der Waals surface area contributed by atoms with E-state index < -0.39 is 10.0 Å². The van der Waals surface area contributed by atoms with Crippen molar-refractivity contribution in [1.82, 2.24) is 19.9 Å². The highest BCUT2D eigenvalue weighted by Gasteiger charge is 2.16. The number of hydrogen-bond acceptors (Lipinski definition) is 6. The van der Waals surface area contributed by atoms with Gasteiger partial charge in [-0.05, 0) is 23.3 Å². The van der Waals surface area contributed by atoms with Crippen molar-refractivity contribution in [1.29, 1.82) is 0 Å². The highest BCUT2D eigenvalue weighted by atomic mass is 32.2. The third-order valence-electron chi connectivity index (χ3n) is 4.50. The number of carbonyl (C=O) groups is 1. The zero-order chi connectivity index (χ0) is 21.1. The van der Waals surface area contributed by atoms with Gasteiger partial charge in [0.2, 0.25) is 15.9 Å². The van der Waals surface area contributed by atoms with Gasteiger partial charge in [-0.3, -0.25) is 4.79 Å². The highest BCUT2D eigenvalue weighted by Crippen LogP contribution is 2.24. The minimum Gasteiger partial charge on any atom is -0.350 e. The number of rotatable bonds is 7. The van der Waals surface area contributed by atoms with Gasteiger partial charge in [0.05, 0.1) is 22.3 Å². The molecule has 0 aliphatic carbocycles. The summed E-state index contributed by atoms with van der Waals surface area (Å²) >= 11 is 1.47. The number of nitrogens with zero attached hydrogens (tertiary/aromatic N) is 3. The summed E-state index contributed by atoms with van der Waals surface area (Å²) in [5, 5.41) is 9.85. The van der Waals surface area contributed by atoms with Crippen LogP contribution in [0.15, 0.2) is 59.4 Å². The van der Waals surface area contributed by atoms with E-state index in [1.807, 2.05) is 34.2 Å². The van der Waals surface area contributed by atoms with Gasteiger partial charge in [0.25, 0.3) is 0 Å². The molecule has 0 aliphatic heterocycles. The smallest absolute Gasteiger partial charge is 0.240 e. The molecule has 0 fully saturated rings. The molecule has 8 nitrogen and oxygen atoms in total. The predicted octanol–water partition coefficient (Wildman–Crippen LogP) is 2.26. The zero-order valence-electron chi connectivity index (χ0n) is 15.9. The molecule has 0 bridgehead atoms. The highest BCUT2D eigenvalue weighted by molar-refractivity contribution is 7.88. The van der Waals surface area contributed by atoms with Crippen molar-refractivity contribution >= 4 is 38.3 Å². The number of hydrogen-bond donors (Lipinski definition) is 2. The van der Waals surface area contributed by atoms with Gasteiger partial charge in [0.1, 0.15) is 12.2 Å². The van der Waals surface area contributed by atoms with Gasteiger partial charge in [0.15, 0.2) is 5.82 Å². The summed E-state index contributed by atoms with van der Waals surface area (Å²) in [6, 6.07) is 14.6. The quantitative estimate of drug-likeness (QED) is 0.456. The standard InChI is InChI=1S/C20H19N5O3S2/c21-30(27,28)12-15-7-5-14(6-8-15)9-22-19(26)10-25-18-4-2-1-3-16(18)24-20(25)17-11-29-13-23-17/h1-8,11,13H,9-10,12H2,(H,22,26)(H2,21,27,28). The fraction of sp³-hybridized carbons (Fsp3) is 0.150. The van der Waals surface area contributed by atoms with E-state index in [4.69, 9.17) is 5.14 Å². The average Bonchev–Trinajstić information content (AvgIpc) is 3.35. The van der Waals surface area contributed by atoms with Crippen molar-refractivity contribution in [3.63, 3.8) is 0 Å². The first-order valence-corrected chi connectivity index (χ1v) is 11.7. The molecule has 0 spiro atoms. The number of aromatic nitrogens is 3. The van der Waals surface area contributed by atoms with Crippen molar-refractivity contribution in [2.24, 2.45) is 5.14 Å². The molecule has 2 heterocycles. The van der Waals surface area contributed by atoms with E-state index >= 15 is 0 Å². The zero-order valence-corrected chi connectivity index (χ0v) is 17.5. The van der Waals surface area contributed by atoms with Crippen molar-refractivity contribution in [2.45, 2.75) is 18.8 Å². The minimum atomic E-state index is -3.57. The number of sulfonamides is 1. The Morgan fingerprint density at radius 1 is 1.10 bits per heavy atom. The Balaban J connectivity index is 1.47. The molecule has 0 radical (unpaired) electrons. The Hall–Kier alpha value is -3.08. The van der Waals surface area contributed by atoms with Gasteiger partial charge in [-0.15, -0.1) is 11.3 Å². The lowest BCUT2D eigenvalue weighted by atomic mass is 10.1. The molecule has 0 aliphatic rings. The summed E-state index contributed by atoms with van der Waals surface area (Å²) in [5.41, 5.74) is 5.59. The second-order valence-electron chi connectivity index (χ2n) is 6.78. The van der Waals surface area contributed by atoms with Crippen LogP contribution in [-0.4, -0.2) is 28.9 Å². The molecule has 154 valence electrons. The second kappa shape index (κ2) is 8.34. The number of amides is 1. The summed E-state index contributed by atoms with van der Waals surface area (Å²) in [6.07, 6.45) is 0. The van der Waals surface area contributed by atoms with Crippen LogP contribution in [-0.2, 0) is 33.7 Å². The Bertz CT molecular complexity index is 1280. The van der Waals surface area contributed by atoms with E-state index in [1.165, 1.54) is 11.3 Å². The first kappa shape index (κ1) is 20.2. The minimum absolute atomic E-state index is 0.108. The maximum Gasteiger partial charge on any atom is 0.240 e. The Labute approximate surface area is 177 Å². The van der Waals surface area contributed by atoms with Crippen LogP contribution in [0.2, 0.25) is 0 Å². The number of thiazole rings is 1. The molecule has 10 heteroatoms. The van der Waals surface area contributed by atoms with Gasteiger partial charge in [-0.2, -0.15) is 0 Å². The number of fused-ring (bicyclic) bond motifs is 1. The third-order valence-corrected chi connectivity index (χ3v) is 5.82. The SMILES string of the molecule is NS(=O)(=O)Cc1ccc(CNC(=O)Cn2c(-c3cscn3)nc3ccccc32)cc1.